The maximum absolute atomic E-state index is 5.41. The van der Waals surface area contributed by atoms with E-state index in [-0.39, 0.29) is 0 Å². The van der Waals surface area contributed by atoms with E-state index in [4.69, 9.17) is 5.73 Å². The van der Waals surface area contributed by atoms with Crippen molar-refractivity contribution in [1.82, 2.24) is 10.2 Å². The third-order valence-electron chi connectivity index (χ3n) is 1.50. The number of aromatic nitrogens is 2. The summed E-state index contributed by atoms with van der Waals surface area (Å²) in [4.78, 5) is 0. The van der Waals surface area contributed by atoms with Crippen LogP contribution in [0.4, 0.5) is 10.3 Å². The van der Waals surface area contributed by atoms with Crippen molar-refractivity contribution in [2.45, 2.75) is 26.2 Å². The van der Waals surface area contributed by atoms with Crippen LogP contribution in [-0.4, -0.2) is 16.7 Å². The summed E-state index contributed by atoms with van der Waals surface area (Å²) < 4.78 is 0. The third kappa shape index (κ3) is 3.04. The fourth-order valence-electron chi connectivity index (χ4n) is 0.876. The van der Waals surface area contributed by atoms with Crippen molar-refractivity contribution < 1.29 is 0 Å². The van der Waals surface area contributed by atoms with Gasteiger partial charge in [0.15, 0.2) is 0 Å². The number of hydrogen-bond acceptors (Lipinski definition) is 5. The van der Waals surface area contributed by atoms with E-state index in [1.54, 1.807) is 0 Å². The van der Waals surface area contributed by atoms with Crippen LogP contribution in [0.1, 0.15) is 26.2 Å². The summed E-state index contributed by atoms with van der Waals surface area (Å²) >= 11 is 1.39. The van der Waals surface area contributed by atoms with Gasteiger partial charge < -0.3 is 11.1 Å². The van der Waals surface area contributed by atoms with E-state index in [1.165, 1.54) is 30.6 Å². The standard InChI is InChI=1S/C7H14N4S/c1-2-3-4-5-9-7-11-10-6(8)12-7/h2-5H2,1H3,(H2,8,10)(H,9,11). The maximum Gasteiger partial charge on any atom is 0.207 e. The molecular weight excluding hydrogens is 172 g/mol. The first-order valence-corrected chi connectivity index (χ1v) is 4.97. The Morgan fingerprint density at radius 2 is 2.25 bits per heavy atom. The van der Waals surface area contributed by atoms with E-state index in [1.807, 2.05) is 0 Å². The molecule has 68 valence electrons. The van der Waals surface area contributed by atoms with E-state index in [2.05, 4.69) is 22.4 Å². The molecule has 0 saturated carbocycles. The van der Waals surface area contributed by atoms with Gasteiger partial charge in [0.05, 0.1) is 0 Å². The maximum atomic E-state index is 5.41. The normalized spacial score (nSPS) is 10.1. The number of nitrogens with zero attached hydrogens (tertiary/aromatic N) is 2. The van der Waals surface area contributed by atoms with E-state index >= 15 is 0 Å². The molecule has 5 heteroatoms. The molecule has 1 heterocycles. The predicted octanol–water partition coefficient (Wildman–Crippen LogP) is 1.72. The van der Waals surface area contributed by atoms with Crippen LogP contribution in [0.3, 0.4) is 0 Å². The number of hydrogen-bond donors (Lipinski definition) is 2. The lowest BCUT2D eigenvalue weighted by Crippen LogP contribution is -2.00. The highest BCUT2D eigenvalue weighted by Gasteiger charge is 1.97. The van der Waals surface area contributed by atoms with Gasteiger partial charge in [-0.05, 0) is 6.42 Å². The first-order chi connectivity index (χ1) is 5.83. The number of nitrogens with one attached hydrogen (secondary N) is 1. The monoisotopic (exact) mass is 186 g/mol. The molecule has 1 aromatic heterocycles. The van der Waals surface area contributed by atoms with Gasteiger partial charge in [-0.2, -0.15) is 0 Å². The summed E-state index contributed by atoms with van der Waals surface area (Å²) in [7, 11) is 0. The fourth-order valence-corrected chi connectivity index (χ4v) is 1.41. The van der Waals surface area contributed by atoms with Gasteiger partial charge in [-0.15, -0.1) is 10.2 Å². The molecule has 0 aromatic carbocycles. The van der Waals surface area contributed by atoms with Crippen LogP contribution in [0.25, 0.3) is 0 Å². The average Bonchev–Trinajstić information content (AvgIpc) is 2.45. The number of rotatable bonds is 5. The molecular formula is C7H14N4S. The Kier molecular flexibility index (Phi) is 3.79. The van der Waals surface area contributed by atoms with E-state index in [0.29, 0.717) is 5.13 Å². The molecule has 3 N–H and O–H groups in total. The SMILES string of the molecule is CCCCCNc1nnc(N)s1. The quantitative estimate of drug-likeness (QED) is 0.687. The topological polar surface area (TPSA) is 63.8 Å². The summed E-state index contributed by atoms with van der Waals surface area (Å²) in [5.74, 6) is 0. The highest BCUT2D eigenvalue weighted by molar-refractivity contribution is 7.18. The molecule has 1 aromatic rings. The molecule has 0 unspecified atom stereocenters. The average molecular weight is 186 g/mol. The van der Waals surface area contributed by atoms with Crippen molar-refractivity contribution in [2.24, 2.45) is 0 Å². The lowest BCUT2D eigenvalue weighted by molar-refractivity contribution is 0.743. The van der Waals surface area contributed by atoms with Gasteiger partial charge in [0.2, 0.25) is 10.3 Å². The van der Waals surface area contributed by atoms with Gasteiger partial charge in [-0.3, -0.25) is 0 Å². The smallest absolute Gasteiger partial charge is 0.207 e. The summed E-state index contributed by atoms with van der Waals surface area (Å²) in [6.45, 7) is 3.14. The van der Waals surface area contributed by atoms with Crippen LogP contribution in [-0.2, 0) is 0 Å². The van der Waals surface area contributed by atoms with Gasteiger partial charge in [0.1, 0.15) is 0 Å². The van der Waals surface area contributed by atoms with Crippen molar-refractivity contribution in [1.29, 1.82) is 0 Å². The van der Waals surface area contributed by atoms with E-state index < -0.39 is 0 Å². The Labute approximate surface area is 76.2 Å². The highest BCUT2D eigenvalue weighted by Crippen LogP contribution is 2.15. The minimum Gasteiger partial charge on any atom is -0.374 e. The van der Waals surface area contributed by atoms with Crippen LogP contribution < -0.4 is 11.1 Å². The van der Waals surface area contributed by atoms with Gasteiger partial charge >= 0.3 is 0 Å². The molecule has 0 saturated heterocycles. The number of anilines is 2. The fraction of sp³-hybridized carbons (Fsp3) is 0.714. The second-order valence-electron chi connectivity index (χ2n) is 2.58. The Morgan fingerprint density at radius 3 is 2.83 bits per heavy atom. The number of nitrogen functional groups attached to an aromatic ring is 1. The van der Waals surface area contributed by atoms with Gasteiger partial charge in [-0.1, -0.05) is 31.1 Å². The molecule has 0 radical (unpaired) electrons. The lowest BCUT2D eigenvalue weighted by Gasteiger charge is -1.98. The predicted molar refractivity (Wildman–Crippen MR) is 52.3 cm³/mol. The summed E-state index contributed by atoms with van der Waals surface area (Å²) in [5, 5.41) is 12.1. The Bertz CT molecular complexity index is 223. The minimum absolute atomic E-state index is 0.521. The molecule has 0 bridgehead atoms. The van der Waals surface area contributed by atoms with Gasteiger partial charge in [-0.25, -0.2) is 0 Å². The molecule has 0 aliphatic rings. The lowest BCUT2D eigenvalue weighted by atomic mass is 10.2. The number of nitrogens with two attached hydrogens (primary N) is 1. The summed E-state index contributed by atoms with van der Waals surface area (Å²) in [6.07, 6.45) is 3.66. The summed E-state index contributed by atoms with van der Waals surface area (Å²) in [5.41, 5.74) is 5.41. The molecule has 4 nitrogen and oxygen atoms in total. The zero-order valence-electron chi connectivity index (χ0n) is 7.21. The number of unbranched alkanes of at least 4 members (excludes halogenated alkanes) is 2. The molecule has 0 aliphatic carbocycles. The van der Waals surface area contributed by atoms with E-state index in [9.17, 15) is 0 Å². The zero-order chi connectivity index (χ0) is 8.81. The highest BCUT2D eigenvalue weighted by atomic mass is 32.1. The molecule has 0 aliphatic heterocycles. The van der Waals surface area contributed by atoms with Crippen LogP contribution in [0, 0.1) is 0 Å². The van der Waals surface area contributed by atoms with Crippen LogP contribution in [0.2, 0.25) is 0 Å². The van der Waals surface area contributed by atoms with Gasteiger partial charge in [0.25, 0.3) is 0 Å². The zero-order valence-corrected chi connectivity index (χ0v) is 8.02. The van der Waals surface area contributed by atoms with Gasteiger partial charge in [0, 0.05) is 6.54 Å². The third-order valence-corrected chi connectivity index (χ3v) is 2.21. The first kappa shape index (κ1) is 9.25. The molecule has 1 rings (SSSR count). The first-order valence-electron chi connectivity index (χ1n) is 4.15. The molecule has 0 fully saturated rings. The second kappa shape index (κ2) is 4.92. The molecule has 12 heavy (non-hydrogen) atoms. The molecule has 0 amide bonds. The van der Waals surface area contributed by atoms with E-state index in [0.717, 1.165) is 11.7 Å². The van der Waals surface area contributed by atoms with Crippen molar-refractivity contribution in [3.8, 4) is 0 Å². The summed E-state index contributed by atoms with van der Waals surface area (Å²) in [6, 6.07) is 0. The Balaban J connectivity index is 2.15. The van der Waals surface area contributed by atoms with Crippen LogP contribution in [0.5, 0.6) is 0 Å². The van der Waals surface area contributed by atoms with Crippen molar-refractivity contribution in [2.75, 3.05) is 17.6 Å². The minimum atomic E-state index is 0.521. The molecule has 0 spiro atoms. The Morgan fingerprint density at radius 1 is 1.42 bits per heavy atom. The van der Waals surface area contributed by atoms with Crippen LogP contribution >= 0.6 is 11.3 Å². The molecule has 0 atom stereocenters. The largest absolute Gasteiger partial charge is 0.374 e. The van der Waals surface area contributed by atoms with Crippen molar-refractivity contribution in [3.63, 3.8) is 0 Å². The van der Waals surface area contributed by atoms with Crippen molar-refractivity contribution >= 4 is 21.6 Å². The Hall–Kier alpha value is -0.840. The van der Waals surface area contributed by atoms with Crippen LogP contribution in [0.15, 0.2) is 0 Å². The van der Waals surface area contributed by atoms with Crippen molar-refractivity contribution in [3.05, 3.63) is 0 Å². The second-order valence-corrected chi connectivity index (χ2v) is 3.59.